The largest absolute Gasteiger partial charge is 0.497 e. The summed E-state index contributed by atoms with van der Waals surface area (Å²) in [5.74, 6) is 0.665. The van der Waals surface area contributed by atoms with Crippen molar-refractivity contribution in [2.75, 3.05) is 12.4 Å². The highest BCUT2D eigenvalue weighted by molar-refractivity contribution is 7.89. The first-order valence-electron chi connectivity index (χ1n) is 7.88. The third kappa shape index (κ3) is 4.24. The van der Waals surface area contributed by atoms with Crippen LogP contribution in [0.4, 0.5) is 11.4 Å². The summed E-state index contributed by atoms with van der Waals surface area (Å²) in [5, 5.41) is 27.2. The quantitative estimate of drug-likeness (QED) is 0.443. The Morgan fingerprint density at radius 3 is 2.75 bits per heavy atom. The maximum atomic E-state index is 11.4. The fraction of sp³-hybridized carbons (Fsp3) is 0.125. The second kappa shape index (κ2) is 7.62. The van der Waals surface area contributed by atoms with Crippen LogP contribution in [-0.2, 0) is 16.6 Å². The Hall–Kier alpha value is -3.51. The minimum atomic E-state index is -4.04. The summed E-state index contributed by atoms with van der Waals surface area (Å²) in [6, 6.07) is 10.6. The number of nitro groups is 1. The van der Waals surface area contributed by atoms with Crippen LogP contribution in [0, 0.1) is 10.1 Å². The number of nitrogens with two attached hydrogens (primary N) is 1. The minimum absolute atomic E-state index is 0.133. The third-order valence-electron chi connectivity index (χ3n) is 3.81. The molecule has 3 aromatic rings. The third-order valence-corrected chi connectivity index (χ3v) is 4.72. The lowest BCUT2D eigenvalue weighted by Gasteiger charge is -2.06. The maximum Gasteiger partial charge on any atom is 0.293 e. The van der Waals surface area contributed by atoms with Crippen molar-refractivity contribution in [3.63, 3.8) is 0 Å². The van der Waals surface area contributed by atoms with Crippen molar-refractivity contribution >= 4 is 21.4 Å². The summed E-state index contributed by atoms with van der Waals surface area (Å²) in [6.07, 6.45) is 1.66. The van der Waals surface area contributed by atoms with Gasteiger partial charge in [-0.05, 0) is 24.3 Å². The number of rotatable bonds is 7. The van der Waals surface area contributed by atoms with Crippen molar-refractivity contribution in [3.8, 4) is 11.4 Å². The minimum Gasteiger partial charge on any atom is -0.497 e. The number of nitrogens with one attached hydrogen (secondary N) is 1. The van der Waals surface area contributed by atoms with Crippen molar-refractivity contribution in [2.45, 2.75) is 11.4 Å². The first-order valence-corrected chi connectivity index (χ1v) is 9.43. The van der Waals surface area contributed by atoms with Gasteiger partial charge in [-0.15, -0.1) is 5.10 Å². The highest BCUT2D eigenvalue weighted by atomic mass is 32.2. The molecule has 2 aromatic carbocycles. The molecule has 1 aromatic heterocycles. The zero-order valence-electron chi connectivity index (χ0n) is 14.6. The molecule has 0 fully saturated rings. The van der Waals surface area contributed by atoms with Crippen molar-refractivity contribution in [3.05, 3.63) is 64.5 Å². The Morgan fingerprint density at radius 1 is 1.29 bits per heavy atom. The molecule has 0 aliphatic carbocycles. The normalized spacial score (nSPS) is 11.2. The topological polar surface area (TPSA) is 155 Å². The molecule has 0 spiro atoms. The van der Waals surface area contributed by atoms with Crippen molar-refractivity contribution in [2.24, 2.45) is 5.14 Å². The fourth-order valence-corrected chi connectivity index (χ4v) is 2.97. The van der Waals surface area contributed by atoms with E-state index >= 15 is 0 Å². The number of sulfonamides is 1. The van der Waals surface area contributed by atoms with Gasteiger partial charge in [-0.1, -0.05) is 11.3 Å². The predicted molar refractivity (Wildman–Crippen MR) is 99.7 cm³/mol. The number of ether oxygens (including phenoxy) is 1. The van der Waals surface area contributed by atoms with Gasteiger partial charge in [0.15, 0.2) is 0 Å². The maximum absolute atomic E-state index is 11.4. The fourth-order valence-electron chi connectivity index (χ4n) is 2.43. The Morgan fingerprint density at radius 2 is 2.07 bits per heavy atom. The zero-order chi connectivity index (χ0) is 20.3. The SMILES string of the molecule is COc1cccc(-n2cc(CNc3ccc(S(N)(=O)=O)cc3[N+](=O)[O-])nn2)c1. The van der Waals surface area contributed by atoms with Gasteiger partial charge < -0.3 is 10.1 Å². The first kappa shape index (κ1) is 19.3. The highest BCUT2D eigenvalue weighted by Crippen LogP contribution is 2.27. The van der Waals surface area contributed by atoms with Gasteiger partial charge in [0.2, 0.25) is 10.0 Å². The van der Waals surface area contributed by atoms with Crippen LogP contribution in [-0.4, -0.2) is 35.4 Å². The van der Waals surface area contributed by atoms with Crippen LogP contribution in [0.1, 0.15) is 5.69 Å². The molecular weight excluding hydrogens is 388 g/mol. The molecule has 0 amide bonds. The summed E-state index contributed by atoms with van der Waals surface area (Å²) >= 11 is 0. The molecule has 1 heterocycles. The number of nitro benzene ring substituents is 1. The lowest BCUT2D eigenvalue weighted by molar-refractivity contribution is -0.384. The molecule has 146 valence electrons. The van der Waals surface area contributed by atoms with Gasteiger partial charge in [0.1, 0.15) is 17.1 Å². The van der Waals surface area contributed by atoms with Crippen molar-refractivity contribution in [1.29, 1.82) is 0 Å². The molecule has 0 unspecified atom stereocenters. The van der Waals surface area contributed by atoms with Gasteiger partial charge in [0, 0.05) is 12.1 Å². The highest BCUT2D eigenvalue weighted by Gasteiger charge is 2.19. The summed E-state index contributed by atoms with van der Waals surface area (Å²) in [4.78, 5) is 10.2. The van der Waals surface area contributed by atoms with Gasteiger partial charge in [0.25, 0.3) is 5.69 Å². The first-order chi connectivity index (χ1) is 13.3. The molecule has 3 rings (SSSR count). The van der Waals surface area contributed by atoms with Crippen LogP contribution in [0.3, 0.4) is 0 Å². The van der Waals surface area contributed by atoms with E-state index in [-0.39, 0.29) is 17.1 Å². The van der Waals surface area contributed by atoms with E-state index in [9.17, 15) is 18.5 Å². The summed E-state index contributed by atoms with van der Waals surface area (Å²) < 4.78 is 29.5. The molecule has 0 saturated heterocycles. The number of hydrogen-bond donors (Lipinski definition) is 2. The van der Waals surface area contributed by atoms with E-state index < -0.39 is 20.6 Å². The Balaban J connectivity index is 1.79. The molecular formula is C16H16N6O5S. The van der Waals surface area contributed by atoms with Gasteiger partial charge in [-0.25, -0.2) is 18.2 Å². The molecule has 3 N–H and O–H groups in total. The number of anilines is 1. The van der Waals surface area contributed by atoms with E-state index in [1.165, 1.54) is 16.8 Å². The number of hydrogen-bond acceptors (Lipinski definition) is 8. The molecule has 0 aliphatic heterocycles. The Labute approximate surface area is 159 Å². The average Bonchev–Trinajstić information content (AvgIpc) is 3.14. The Bertz CT molecular complexity index is 1130. The second-order valence-electron chi connectivity index (χ2n) is 5.69. The van der Waals surface area contributed by atoms with Crippen LogP contribution in [0.2, 0.25) is 0 Å². The van der Waals surface area contributed by atoms with Crippen LogP contribution in [0.25, 0.3) is 5.69 Å². The number of primary sulfonamides is 1. The van der Waals surface area contributed by atoms with E-state index in [2.05, 4.69) is 15.6 Å². The summed E-state index contributed by atoms with van der Waals surface area (Å²) in [5.41, 5.74) is 0.981. The smallest absolute Gasteiger partial charge is 0.293 e. The van der Waals surface area contributed by atoms with Crippen molar-refractivity contribution in [1.82, 2.24) is 15.0 Å². The molecule has 11 nitrogen and oxygen atoms in total. The molecule has 0 bridgehead atoms. The van der Waals surface area contributed by atoms with Gasteiger partial charge in [-0.2, -0.15) is 0 Å². The lowest BCUT2D eigenvalue weighted by Crippen LogP contribution is -2.13. The number of aromatic nitrogens is 3. The number of nitrogens with zero attached hydrogens (tertiary/aromatic N) is 4. The second-order valence-corrected chi connectivity index (χ2v) is 7.25. The van der Waals surface area contributed by atoms with Gasteiger partial charge >= 0.3 is 0 Å². The molecule has 0 aliphatic rings. The van der Waals surface area contributed by atoms with E-state index in [0.29, 0.717) is 11.4 Å². The standard InChI is InChI=1S/C16H16N6O5S/c1-27-13-4-2-3-12(7-13)21-10-11(19-20-21)9-18-15-6-5-14(28(17,25)26)8-16(15)22(23)24/h2-8,10,18H,9H2,1H3,(H2,17,25,26). The molecule has 0 saturated carbocycles. The summed E-state index contributed by atoms with van der Waals surface area (Å²) in [7, 11) is -2.48. The molecule has 0 radical (unpaired) electrons. The van der Waals surface area contributed by atoms with Crippen molar-refractivity contribution < 1.29 is 18.1 Å². The van der Waals surface area contributed by atoms with Crippen LogP contribution >= 0.6 is 0 Å². The summed E-state index contributed by atoms with van der Waals surface area (Å²) in [6.45, 7) is 0.138. The van der Waals surface area contributed by atoms with Crippen LogP contribution in [0.15, 0.2) is 53.6 Å². The van der Waals surface area contributed by atoms with E-state index in [0.717, 1.165) is 11.8 Å². The van der Waals surface area contributed by atoms with Crippen LogP contribution in [0.5, 0.6) is 5.75 Å². The van der Waals surface area contributed by atoms with Gasteiger partial charge in [-0.3, -0.25) is 10.1 Å². The van der Waals surface area contributed by atoms with Crippen LogP contribution < -0.4 is 15.2 Å². The zero-order valence-corrected chi connectivity index (χ0v) is 15.5. The Kier molecular flexibility index (Phi) is 5.24. The number of benzene rings is 2. The monoisotopic (exact) mass is 404 g/mol. The van der Waals surface area contributed by atoms with Gasteiger partial charge in [0.05, 0.1) is 35.4 Å². The average molecular weight is 404 g/mol. The molecule has 12 heteroatoms. The lowest BCUT2D eigenvalue weighted by atomic mass is 10.2. The molecule has 28 heavy (non-hydrogen) atoms. The number of methoxy groups -OCH3 is 1. The predicted octanol–water partition coefficient (Wildman–Crippen LogP) is 1.44. The molecule has 0 atom stereocenters. The van der Waals surface area contributed by atoms with E-state index in [1.54, 1.807) is 25.4 Å². The van der Waals surface area contributed by atoms with E-state index in [4.69, 9.17) is 9.88 Å². The van der Waals surface area contributed by atoms with E-state index in [1.807, 2.05) is 12.1 Å².